The molecule has 0 saturated heterocycles. The van der Waals surface area contributed by atoms with Crippen LogP contribution < -0.4 is 10.6 Å². The van der Waals surface area contributed by atoms with Crippen LogP contribution in [0.1, 0.15) is 0 Å². The molecule has 19 heavy (non-hydrogen) atoms. The van der Waals surface area contributed by atoms with E-state index in [4.69, 9.17) is 20.4 Å². The zero-order valence-corrected chi connectivity index (χ0v) is 10.6. The Kier molecular flexibility index (Phi) is 4.43. The van der Waals surface area contributed by atoms with Crippen LogP contribution in [0.25, 0.3) is 11.1 Å². The van der Waals surface area contributed by atoms with E-state index in [1.165, 1.54) is 0 Å². The third-order valence-electron chi connectivity index (χ3n) is 2.97. The Morgan fingerprint density at radius 2 is 1.84 bits per heavy atom. The summed E-state index contributed by atoms with van der Waals surface area (Å²) < 4.78 is 5.07. The van der Waals surface area contributed by atoms with Crippen molar-refractivity contribution in [3.05, 3.63) is 36.8 Å². The number of nitrogen functional groups attached to an aromatic ring is 1. The van der Waals surface area contributed by atoms with Gasteiger partial charge in [0, 0.05) is 35.6 Å². The van der Waals surface area contributed by atoms with Gasteiger partial charge in [0.15, 0.2) is 0 Å². The Labute approximate surface area is 111 Å². The molecule has 5 heteroatoms. The van der Waals surface area contributed by atoms with Crippen molar-refractivity contribution in [2.45, 2.75) is 0 Å². The summed E-state index contributed by atoms with van der Waals surface area (Å²) in [7, 11) is 0. The van der Waals surface area contributed by atoms with Crippen LogP contribution in [0.3, 0.4) is 0 Å². The molecule has 5 nitrogen and oxygen atoms in total. The Bertz CT molecular complexity index is 505. The van der Waals surface area contributed by atoms with E-state index in [1.807, 2.05) is 29.2 Å². The third kappa shape index (κ3) is 3.07. The Hall–Kier alpha value is -1.98. The fourth-order valence-electron chi connectivity index (χ4n) is 2.02. The predicted molar refractivity (Wildman–Crippen MR) is 74.9 cm³/mol. The molecular formula is C14H18N2O3. The predicted octanol–water partition coefficient (Wildman–Crippen LogP) is 1.32. The lowest BCUT2D eigenvalue weighted by molar-refractivity contribution is 0.281. The average Bonchev–Trinajstić information content (AvgIpc) is 2.93. The van der Waals surface area contributed by atoms with Crippen molar-refractivity contribution in [2.24, 2.45) is 0 Å². The largest absolute Gasteiger partial charge is 0.472 e. The molecule has 102 valence electrons. The number of rotatable bonds is 6. The second kappa shape index (κ2) is 6.26. The summed E-state index contributed by atoms with van der Waals surface area (Å²) in [5.41, 5.74) is 9.34. The molecule has 2 aromatic rings. The van der Waals surface area contributed by atoms with Crippen molar-refractivity contribution >= 4 is 11.4 Å². The van der Waals surface area contributed by atoms with Crippen molar-refractivity contribution in [3.8, 4) is 11.1 Å². The van der Waals surface area contributed by atoms with Gasteiger partial charge in [0.2, 0.25) is 0 Å². The molecule has 1 aromatic carbocycles. The zero-order chi connectivity index (χ0) is 13.7. The van der Waals surface area contributed by atoms with Gasteiger partial charge in [-0.1, -0.05) is 0 Å². The highest BCUT2D eigenvalue weighted by Crippen LogP contribution is 2.30. The number of hydrogen-bond donors (Lipinski definition) is 3. The smallest absolute Gasteiger partial charge is 0.0981 e. The molecule has 0 radical (unpaired) electrons. The molecule has 4 N–H and O–H groups in total. The van der Waals surface area contributed by atoms with E-state index in [0.29, 0.717) is 18.8 Å². The van der Waals surface area contributed by atoms with Gasteiger partial charge < -0.3 is 25.3 Å². The Morgan fingerprint density at radius 3 is 2.42 bits per heavy atom. The van der Waals surface area contributed by atoms with E-state index in [2.05, 4.69) is 0 Å². The Morgan fingerprint density at radius 1 is 1.11 bits per heavy atom. The molecule has 0 aliphatic rings. The minimum Gasteiger partial charge on any atom is -0.472 e. The summed E-state index contributed by atoms with van der Waals surface area (Å²) in [6, 6.07) is 7.48. The van der Waals surface area contributed by atoms with Crippen molar-refractivity contribution in [2.75, 3.05) is 36.9 Å². The molecule has 0 aliphatic heterocycles. The van der Waals surface area contributed by atoms with Gasteiger partial charge in [-0.25, -0.2) is 0 Å². The number of nitrogens with two attached hydrogens (primary N) is 1. The molecule has 0 unspecified atom stereocenters. The Balaban J connectivity index is 2.34. The summed E-state index contributed by atoms with van der Waals surface area (Å²) in [6.07, 6.45) is 3.23. The van der Waals surface area contributed by atoms with Crippen LogP contribution in [0.4, 0.5) is 11.4 Å². The van der Waals surface area contributed by atoms with Gasteiger partial charge in [-0.05, 0) is 24.3 Å². The molecular weight excluding hydrogens is 244 g/mol. The summed E-state index contributed by atoms with van der Waals surface area (Å²) >= 11 is 0. The second-order valence-corrected chi connectivity index (χ2v) is 4.22. The number of hydrogen-bond acceptors (Lipinski definition) is 5. The van der Waals surface area contributed by atoms with E-state index in [1.54, 1.807) is 12.5 Å². The van der Waals surface area contributed by atoms with E-state index in [9.17, 15) is 0 Å². The molecule has 0 bridgehead atoms. The SMILES string of the molecule is Nc1ccc(N(CCO)CCO)cc1-c1ccoc1. The highest BCUT2D eigenvalue weighted by Gasteiger charge is 2.10. The highest BCUT2D eigenvalue weighted by atomic mass is 16.3. The standard InChI is InChI=1S/C14H18N2O3/c15-14-2-1-12(16(4-6-17)5-7-18)9-13(14)11-3-8-19-10-11/h1-3,8-10,17-18H,4-7,15H2. The molecule has 2 rings (SSSR count). The minimum atomic E-state index is 0.0332. The number of nitrogens with zero attached hydrogens (tertiary/aromatic N) is 1. The number of anilines is 2. The van der Waals surface area contributed by atoms with Crippen LogP contribution in [0.5, 0.6) is 0 Å². The number of benzene rings is 1. The summed E-state index contributed by atoms with van der Waals surface area (Å²) in [4.78, 5) is 1.91. The van der Waals surface area contributed by atoms with Crippen molar-refractivity contribution in [1.29, 1.82) is 0 Å². The first-order chi connectivity index (χ1) is 9.26. The van der Waals surface area contributed by atoms with Gasteiger partial charge >= 0.3 is 0 Å². The molecule has 1 aromatic heterocycles. The third-order valence-corrected chi connectivity index (χ3v) is 2.97. The van der Waals surface area contributed by atoms with Crippen LogP contribution in [0.15, 0.2) is 41.2 Å². The first-order valence-electron chi connectivity index (χ1n) is 6.15. The summed E-state index contributed by atoms with van der Waals surface area (Å²) in [6.45, 7) is 1.00. The maximum atomic E-state index is 9.07. The monoisotopic (exact) mass is 262 g/mol. The minimum absolute atomic E-state index is 0.0332. The van der Waals surface area contributed by atoms with E-state index < -0.39 is 0 Å². The first kappa shape index (κ1) is 13.5. The van der Waals surface area contributed by atoms with Crippen molar-refractivity contribution in [1.82, 2.24) is 0 Å². The normalized spacial score (nSPS) is 10.6. The fourth-order valence-corrected chi connectivity index (χ4v) is 2.02. The number of aliphatic hydroxyl groups is 2. The lowest BCUT2D eigenvalue weighted by Crippen LogP contribution is -2.29. The number of furan rings is 1. The first-order valence-corrected chi connectivity index (χ1v) is 6.15. The van der Waals surface area contributed by atoms with Crippen LogP contribution in [0.2, 0.25) is 0 Å². The molecule has 0 spiro atoms. The molecule has 1 heterocycles. The van der Waals surface area contributed by atoms with E-state index >= 15 is 0 Å². The van der Waals surface area contributed by atoms with Crippen molar-refractivity contribution in [3.63, 3.8) is 0 Å². The van der Waals surface area contributed by atoms with Crippen LogP contribution >= 0.6 is 0 Å². The molecule has 0 fully saturated rings. The van der Waals surface area contributed by atoms with Crippen molar-refractivity contribution < 1.29 is 14.6 Å². The van der Waals surface area contributed by atoms with E-state index in [-0.39, 0.29) is 13.2 Å². The van der Waals surface area contributed by atoms with Crippen LogP contribution in [-0.4, -0.2) is 36.5 Å². The van der Waals surface area contributed by atoms with Crippen LogP contribution in [0, 0.1) is 0 Å². The molecule has 0 amide bonds. The lowest BCUT2D eigenvalue weighted by atomic mass is 10.1. The maximum absolute atomic E-state index is 9.07. The van der Waals surface area contributed by atoms with Gasteiger partial charge in [0.25, 0.3) is 0 Å². The fraction of sp³-hybridized carbons (Fsp3) is 0.286. The molecule has 0 saturated carbocycles. The number of aliphatic hydroxyl groups excluding tert-OH is 2. The second-order valence-electron chi connectivity index (χ2n) is 4.22. The summed E-state index contributed by atoms with van der Waals surface area (Å²) in [5.74, 6) is 0. The molecule has 0 atom stereocenters. The van der Waals surface area contributed by atoms with Gasteiger partial charge in [0.1, 0.15) is 0 Å². The zero-order valence-electron chi connectivity index (χ0n) is 10.6. The molecule has 0 aliphatic carbocycles. The summed E-state index contributed by atoms with van der Waals surface area (Å²) in [5, 5.41) is 18.1. The van der Waals surface area contributed by atoms with Crippen LogP contribution in [-0.2, 0) is 0 Å². The van der Waals surface area contributed by atoms with Gasteiger partial charge in [-0.15, -0.1) is 0 Å². The quantitative estimate of drug-likeness (QED) is 0.684. The topological polar surface area (TPSA) is 82.9 Å². The van der Waals surface area contributed by atoms with Gasteiger partial charge in [0.05, 0.1) is 25.7 Å². The average molecular weight is 262 g/mol. The lowest BCUT2D eigenvalue weighted by Gasteiger charge is -2.23. The van der Waals surface area contributed by atoms with Gasteiger partial charge in [-0.2, -0.15) is 0 Å². The van der Waals surface area contributed by atoms with Gasteiger partial charge in [-0.3, -0.25) is 0 Å². The van der Waals surface area contributed by atoms with E-state index in [0.717, 1.165) is 16.8 Å². The highest BCUT2D eigenvalue weighted by molar-refractivity contribution is 5.79. The maximum Gasteiger partial charge on any atom is 0.0981 e.